The van der Waals surface area contributed by atoms with E-state index in [0.29, 0.717) is 6.54 Å². The molecule has 3 rings (SSSR count). The molecule has 0 aromatic carbocycles. The van der Waals surface area contributed by atoms with Crippen molar-refractivity contribution in [3.63, 3.8) is 0 Å². The van der Waals surface area contributed by atoms with Crippen LogP contribution in [0.4, 0.5) is 0 Å². The first-order valence-electron chi connectivity index (χ1n) is 9.39. The summed E-state index contributed by atoms with van der Waals surface area (Å²) in [6.45, 7) is 5.71. The van der Waals surface area contributed by atoms with E-state index in [1.807, 2.05) is 12.1 Å². The summed E-state index contributed by atoms with van der Waals surface area (Å²) in [6.07, 6.45) is 7.09. The molecule has 3 heterocycles. The van der Waals surface area contributed by atoms with Crippen LogP contribution in [-0.2, 0) is 11.3 Å². The highest BCUT2D eigenvalue weighted by atomic mass is 32.1. The van der Waals surface area contributed by atoms with Crippen molar-refractivity contribution in [3.8, 4) is 0 Å². The number of aromatic nitrogens is 1. The summed E-state index contributed by atoms with van der Waals surface area (Å²) < 4.78 is 0. The van der Waals surface area contributed by atoms with Crippen LogP contribution in [0.15, 0.2) is 36.7 Å². The number of carbonyl (C=O) groups excluding carboxylic acids is 1. The molecular weight excluding hydrogens is 344 g/mol. The fourth-order valence-electron chi connectivity index (χ4n) is 3.33. The zero-order valence-corrected chi connectivity index (χ0v) is 16.1. The van der Waals surface area contributed by atoms with Crippen LogP contribution in [0.5, 0.6) is 0 Å². The van der Waals surface area contributed by atoms with Crippen molar-refractivity contribution < 1.29 is 4.79 Å². The minimum absolute atomic E-state index is 0.0361. The molecule has 1 aliphatic heterocycles. The summed E-state index contributed by atoms with van der Waals surface area (Å²) in [7, 11) is 0. The molecule has 2 aromatic heterocycles. The molecule has 6 heteroatoms. The van der Waals surface area contributed by atoms with Crippen LogP contribution in [0.2, 0.25) is 0 Å². The summed E-state index contributed by atoms with van der Waals surface area (Å²) in [5.74, 6) is 0.795. The lowest BCUT2D eigenvalue weighted by Crippen LogP contribution is -2.38. The van der Waals surface area contributed by atoms with Gasteiger partial charge in [-0.1, -0.05) is 0 Å². The first kappa shape index (κ1) is 19.0. The molecular formula is C20H28N4OS. The van der Waals surface area contributed by atoms with Gasteiger partial charge < -0.3 is 16.0 Å². The summed E-state index contributed by atoms with van der Waals surface area (Å²) in [5, 5.41) is 9.97. The third kappa shape index (κ3) is 5.62. The summed E-state index contributed by atoms with van der Waals surface area (Å²) >= 11 is 1.69. The van der Waals surface area contributed by atoms with Crippen molar-refractivity contribution in [1.82, 2.24) is 20.9 Å². The number of aryl methyl sites for hydroxylation is 1. The molecule has 1 unspecified atom stereocenters. The normalized spacial score (nSPS) is 16.3. The Kier molecular flexibility index (Phi) is 7.17. The van der Waals surface area contributed by atoms with E-state index in [1.54, 1.807) is 23.7 Å². The number of carbonyl (C=O) groups is 1. The van der Waals surface area contributed by atoms with Gasteiger partial charge in [-0.3, -0.25) is 9.78 Å². The van der Waals surface area contributed by atoms with Gasteiger partial charge in [0.15, 0.2) is 0 Å². The largest absolute Gasteiger partial charge is 0.350 e. The van der Waals surface area contributed by atoms with Gasteiger partial charge in [0.25, 0.3) is 0 Å². The van der Waals surface area contributed by atoms with Gasteiger partial charge in [0.1, 0.15) is 6.04 Å². The standard InChI is InChI=1S/C20H28N4OS/c1-15-2-3-18(26-15)19(23-13-8-16-4-9-21-10-5-16)20(25)24-14-17-6-11-22-12-7-17/h2-3,6-7,11-12,16,19,21,23H,4-5,8-10,13-14H2,1H3,(H,24,25). The molecule has 5 nitrogen and oxygen atoms in total. The second-order valence-electron chi connectivity index (χ2n) is 6.89. The molecule has 0 saturated carbocycles. The molecule has 0 bridgehead atoms. The molecule has 1 fully saturated rings. The Bertz CT molecular complexity index is 682. The molecule has 26 heavy (non-hydrogen) atoms. The Morgan fingerprint density at radius 3 is 2.73 bits per heavy atom. The first-order valence-corrected chi connectivity index (χ1v) is 10.2. The first-order chi connectivity index (χ1) is 12.7. The zero-order chi connectivity index (χ0) is 18.2. The van der Waals surface area contributed by atoms with Gasteiger partial charge in [0, 0.05) is 28.7 Å². The summed E-state index contributed by atoms with van der Waals surface area (Å²) in [6, 6.07) is 7.72. The van der Waals surface area contributed by atoms with E-state index in [-0.39, 0.29) is 11.9 Å². The van der Waals surface area contributed by atoms with Gasteiger partial charge in [-0.2, -0.15) is 0 Å². The van der Waals surface area contributed by atoms with Crippen molar-refractivity contribution in [3.05, 3.63) is 52.0 Å². The van der Waals surface area contributed by atoms with Crippen molar-refractivity contribution in [2.75, 3.05) is 19.6 Å². The van der Waals surface area contributed by atoms with Crippen molar-refractivity contribution in [1.29, 1.82) is 0 Å². The quantitative estimate of drug-likeness (QED) is 0.667. The Morgan fingerprint density at radius 2 is 2.04 bits per heavy atom. The summed E-state index contributed by atoms with van der Waals surface area (Å²) in [4.78, 5) is 19.1. The highest BCUT2D eigenvalue weighted by Crippen LogP contribution is 2.24. The topological polar surface area (TPSA) is 66.0 Å². The van der Waals surface area contributed by atoms with E-state index in [1.165, 1.54) is 17.7 Å². The highest BCUT2D eigenvalue weighted by molar-refractivity contribution is 7.12. The fraction of sp³-hybridized carbons (Fsp3) is 0.500. The van der Waals surface area contributed by atoms with Crippen LogP contribution in [0, 0.1) is 12.8 Å². The molecule has 1 amide bonds. The number of nitrogens with one attached hydrogen (secondary N) is 3. The number of hydrogen-bond acceptors (Lipinski definition) is 5. The van der Waals surface area contributed by atoms with Crippen molar-refractivity contribution >= 4 is 17.2 Å². The Balaban J connectivity index is 1.56. The SMILES string of the molecule is Cc1ccc(C(NCCC2CCNCC2)C(=O)NCc2ccncc2)s1. The van der Waals surface area contributed by atoms with E-state index >= 15 is 0 Å². The van der Waals surface area contributed by atoms with E-state index < -0.39 is 0 Å². The minimum Gasteiger partial charge on any atom is -0.350 e. The monoisotopic (exact) mass is 372 g/mol. The number of thiophene rings is 1. The zero-order valence-electron chi connectivity index (χ0n) is 15.3. The Morgan fingerprint density at radius 1 is 1.27 bits per heavy atom. The Labute approximate surface area is 159 Å². The van der Waals surface area contributed by atoms with Crippen molar-refractivity contribution in [2.24, 2.45) is 5.92 Å². The molecule has 1 saturated heterocycles. The van der Waals surface area contributed by atoms with Gasteiger partial charge in [0.2, 0.25) is 5.91 Å². The lowest BCUT2D eigenvalue weighted by atomic mass is 9.94. The maximum Gasteiger partial charge on any atom is 0.242 e. The van der Waals surface area contributed by atoms with Crippen LogP contribution in [0.1, 0.15) is 40.6 Å². The number of pyridine rings is 1. The molecule has 0 spiro atoms. The van der Waals surface area contributed by atoms with Gasteiger partial charge >= 0.3 is 0 Å². The van der Waals surface area contributed by atoms with Crippen LogP contribution >= 0.6 is 11.3 Å². The number of piperidine rings is 1. The van der Waals surface area contributed by atoms with Gasteiger partial charge in [-0.15, -0.1) is 11.3 Å². The number of rotatable bonds is 8. The smallest absolute Gasteiger partial charge is 0.242 e. The van der Waals surface area contributed by atoms with Gasteiger partial charge in [-0.25, -0.2) is 0 Å². The molecule has 2 aromatic rings. The fourth-order valence-corrected chi connectivity index (χ4v) is 4.28. The van der Waals surface area contributed by atoms with E-state index in [0.717, 1.165) is 42.4 Å². The van der Waals surface area contributed by atoms with E-state index in [4.69, 9.17) is 0 Å². The second kappa shape index (κ2) is 9.80. The predicted octanol–water partition coefficient (Wildman–Crippen LogP) is 2.79. The van der Waals surface area contributed by atoms with Crippen LogP contribution in [0.25, 0.3) is 0 Å². The average Bonchev–Trinajstić information content (AvgIpc) is 3.11. The second-order valence-corrected chi connectivity index (χ2v) is 8.21. The van der Waals surface area contributed by atoms with Gasteiger partial charge in [-0.05, 0) is 81.6 Å². The van der Waals surface area contributed by atoms with E-state index in [9.17, 15) is 4.79 Å². The lowest BCUT2D eigenvalue weighted by molar-refractivity contribution is -0.123. The molecule has 1 atom stereocenters. The third-order valence-electron chi connectivity index (χ3n) is 4.88. The molecule has 0 aliphatic carbocycles. The van der Waals surface area contributed by atoms with Crippen LogP contribution in [-0.4, -0.2) is 30.5 Å². The molecule has 3 N–H and O–H groups in total. The number of amides is 1. The molecule has 0 radical (unpaired) electrons. The minimum atomic E-state index is -0.280. The predicted molar refractivity (Wildman–Crippen MR) is 106 cm³/mol. The maximum atomic E-state index is 12.8. The third-order valence-corrected chi connectivity index (χ3v) is 5.95. The van der Waals surface area contributed by atoms with Crippen molar-refractivity contribution in [2.45, 2.75) is 38.8 Å². The highest BCUT2D eigenvalue weighted by Gasteiger charge is 2.22. The number of nitrogens with zero attached hydrogens (tertiary/aromatic N) is 1. The van der Waals surface area contributed by atoms with Crippen LogP contribution < -0.4 is 16.0 Å². The summed E-state index contributed by atoms with van der Waals surface area (Å²) in [5.41, 5.74) is 1.06. The maximum absolute atomic E-state index is 12.8. The molecule has 140 valence electrons. The lowest BCUT2D eigenvalue weighted by Gasteiger charge is -2.24. The molecule has 1 aliphatic rings. The number of hydrogen-bond donors (Lipinski definition) is 3. The van der Waals surface area contributed by atoms with E-state index in [2.05, 4.69) is 40.0 Å². The van der Waals surface area contributed by atoms with Crippen LogP contribution in [0.3, 0.4) is 0 Å². The Hall–Kier alpha value is -1.76. The van der Waals surface area contributed by atoms with Gasteiger partial charge in [0.05, 0.1) is 0 Å². The average molecular weight is 373 g/mol.